The number of anilines is 2. The highest BCUT2D eigenvalue weighted by Crippen LogP contribution is 2.44. The van der Waals surface area contributed by atoms with Gasteiger partial charge >= 0.3 is 0 Å². The Morgan fingerprint density at radius 1 is 1.05 bits per heavy atom. The average Bonchev–Trinajstić information content (AvgIpc) is 3.46. The van der Waals surface area contributed by atoms with Crippen LogP contribution in [-0.2, 0) is 4.79 Å². The van der Waals surface area contributed by atoms with E-state index in [9.17, 15) is 14.7 Å². The van der Waals surface area contributed by atoms with Crippen LogP contribution >= 0.6 is 11.3 Å². The molecule has 1 aliphatic heterocycles. The first-order valence-corrected chi connectivity index (χ1v) is 13.5. The molecule has 198 valence electrons. The zero-order valence-corrected chi connectivity index (χ0v) is 23.0. The lowest BCUT2D eigenvalue weighted by molar-refractivity contribution is -0.117. The molecule has 0 saturated carbocycles. The van der Waals surface area contributed by atoms with E-state index in [0.29, 0.717) is 39.2 Å². The summed E-state index contributed by atoms with van der Waals surface area (Å²) in [5.74, 6) is -0.994. The zero-order valence-electron chi connectivity index (χ0n) is 22.2. The van der Waals surface area contributed by atoms with Crippen molar-refractivity contribution in [1.29, 1.82) is 0 Å². The van der Waals surface area contributed by atoms with Crippen LogP contribution in [-0.4, -0.2) is 42.5 Å². The number of hydrogen-bond acceptors (Lipinski definition) is 7. The number of amides is 1. The molecule has 1 aliphatic rings. The van der Waals surface area contributed by atoms with Gasteiger partial charge in [0, 0.05) is 31.0 Å². The minimum atomic E-state index is -0.850. The van der Waals surface area contributed by atoms with Gasteiger partial charge in [0.15, 0.2) is 5.76 Å². The fraction of sp³-hybridized carbons (Fsp3) is 0.194. The predicted octanol–water partition coefficient (Wildman–Crippen LogP) is 6.37. The molecular weight excluding hydrogens is 510 g/mol. The van der Waals surface area contributed by atoms with Crippen molar-refractivity contribution in [2.75, 3.05) is 30.5 Å². The van der Waals surface area contributed by atoms with E-state index in [4.69, 9.17) is 4.74 Å². The lowest BCUT2D eigenvalue weighted by Gasteiger charge is -2.27. The van der Waals surface area contributed by atoms with E-state index >= 15 is 0 Å². The first kappa shape index (κ1) is 26.2. The van der Waals surface area contributed by atoms with Crippen molar-refractivity contribution >= 4 is 34.4 Å². The van der Waals surface area contributed by atoms with Gasteiger partial charge in [-0.2, -0.15) is 0 Å². The van der Waals surface area contributed by atoms with Crippen molar-refractivity contribution < 1.29 is 19.4 Å². The van der Waals surface area contributed by atoms with E-state index in [2.05, 4.69) is 4.98 Å². The third-order valence-corrected chi connectivity index (χ3v) is 7.81. The summed E-state index contributed by atoms with van der Waals surface area (Å²) in [6.07, 6.45) is 0. The molecule has 2 heterocycles. The monoisotopic (exact) mass is 539 g/mol. The van der Waals surface area contributed by atoms with E-state index in [-0.39, 0.29) is 5.57 Å². The average molecular weight is 540 g/mol. The van der Waals surface area contributed by atoms with E-state index in [1.54, 1.807) is 6.92 Å². The fourth-order valence-electron chi connectivity index (χ4n) is 4.70. The Hall–Kier alpha value is -4.43. The number of hydrogen-bond donors (Lipinski definition) is 1. The van der Waals surface area contributed by atoms with Gasteiger partial charge in [0.1, 0.15) is 10.8 Å². The van der Waals surface area contributed by atoms with Gasteiger partial charge < -0.3 is 14.7 Å². The lowest BCUT2D eigenvalue weighted by atomic mass is 9.94. The molecule has 0 spiro atoms. The van der Waals surface area contributed by atoms with Gasteiger partial charge in [-0.15, -0.1) is 11.3 Å². The standard InChI is InChI=1S/C31H29N3O4S/c1-5-38-24-13-9-12-21(18-24)26-25(27(35)29-19(2)32-30(39-29)20-10-7-6-8-11-20)28(36)31(37)34(26)23-16-14-22(15-17-23)33(3)4/h6-18,26,36H,5H2,1-4H3. The third-order valence-electron chi connectivity index (χ3n) is 6.61. The Balaban J connectivity index is 1.62. The Bertz CT molecular complexity index is 1560. The minimum Gasteiger partial charge on any atom is -0.503 e. The van der Waals surface area contributed by atoms with Crippen LogP contribution in [0.5, 0.6) is 5.75 Å². The molecule has 3 aromatic carbocycles. The number of benzene rings is 3. The SMILES string of the molecule is CCOc1cccc(C2C(C(=O)c3sc(-c4ccccc4)nc3C)=C(O)C(=O)N2c2ccc(N(C)C)cc2)c1. The van der Waals surface area contributed by atoms with Crippen LogP contribution in [0.3, 0.4) is 0 Å². The first-order valence-electron chi connectivity index (χ1n) is 12.6. The van der Waals surface area contributed by atoms with Crippen molar-refractivity contribution in [2.24, 2.45) is 0 Å². The maximum atomic E-state index is 14.1. The molecule has 0 saturated heterocycles. The van der Waals surface area contributed by atoms with Gasteiger partial charge in [0.25, 0.3) is 5.91 Å². The summed E-state index contributed by atoms with van der Waals surface area (Å²) in [6, 6.07) is 23.5. The Morgan fingerprint density at radius 3 is 2.44 bits per heavy atom. The van der Waals surface area contributed by atoms with Gasteiger partial charge in [-0.25, -0.2) is 4.98 Å². The number of thiazole rings is 1. The van der Waals surface area contributed by atoms with Crippen LogP contribution < -0.4 is 14.5 Å². The molecule has 1 N–H and O–H groups in total. The smallest absolute Gasteiger partial charge is 0.294 e. The molecule has 0 fully saturated rings. The van der Waals surface area contributed by atoms with E-state index < -0.39 is 23.5 Å². The van der Waals surface area contributed by atoms with Crippen molar-refractivity contribution in [3.05, 3.63) is 106 Å². The summed E-state index contributed by atoms with van der Waals surface area (Å²) in [5.41, 5.74) is 3.65. The number of carbonyl (C=O) groups excluding carboxylic acids is 2. The van der Waals surface area contributed by atoms with Gasteiger partial charge in [0.2, 0.25) is 5.78 Å². The number of ketones is 1. The Morgan fingerprint density at radius 2 is 1.77 bits per heavy atom. The highest BCUT2D eigenvalue weighted by atomic mass is 32.1. The molecule has 4 aromatic rings. The van der Waals surface area contributed by atoms with Crippen LogP contribution in [0.25, 0.3) is 10.6 Å². The molecule has 39 heavy (non-hydrogen) atoms. The van der Waals surface area contributed by atoms with Crippen LogP contribution in [0.1, 0.15) is 33.9 Å². The molecule has 1 unspecified atom stereocenters. The minimum absolute atomic E-state index is 0.0247. The second-order valence-electron chi connectivity index (χ2n) is 9.39. The van der Waals surface area contributed by atoms with Crippen LogP contribution in [0.2, 0.25) is 0 Å². The molecule has 1 atom stereocenters. The topological polar surface area (TPSA) is 83.0 Å². The second kappa shape index (κ2) is 10.7. The van der Waals surface area contributed by atoms with E-state index in [1.807, 2.05) is 105 Å². The molecule has 0 bridgehead atoms. The van der Waals surface area contributed by atoms with Crippen molar-refractivity contribution in [3.63, 3.8) is 0 Å². The number of aliphatic hydroxyl groups excluding tert-OH is 1. The maximum Gasteiger partial charge on any atom is 0.294 e. The summed E-state index contributed by atoms with van der Waals surface area (Å²) >= 11 is 1.26. The molecular formula is C31H29N3O4S. The number of nitrogens with zero attached hydrogens (tertiary/aromatic N) is 3. The Kier molecular flexibility index (Phi) is 7.21. The summed E-state index contributed by atoms with van der Waals surface area (Å²) in [5, 5.41) is 11.9. The number of Topliss-reactive ketones (excluding diaryl/α,β-unsaturated/α-hetero) is 1. The summed E-state index contributed by atoms with van der Waals surface area (Å²) in [4.78, 5) is 36.2. The number of aromatic nitrogens is 1. The van der Waals surface area contributed by atoms with Crippen LogP contribution in [0.15, 0.2) is 90.2 Å². The highest BCUT2D eigenvalue weighted by molar-refractivity contribution is 7.17. The maximum absolute atomic E-state index is 14.1. The zero-order chi connectivity index (χ0) is 27.7. The van der Waals surface area contributed by atoms with Gasteiger partial charge in [-0.1, -0.05) is 42.5 Å². The number of carbonyl (C=O) groups is 2. The van der Waals surface area contributed by atoms with E-state index in [0.717, 1.165) is 11.3 Å². The van der Waals surface area contributed by atoms with Crippen molar-refractivity contribution in [2.45, 2.75) is 19.9 Å². The predicted molar refractivity (Wildman–Crippen MR) is 155 cm³/mol. The van der Waals surface area contributed by atoms with Gasteiger partial charge in [0.05, 0.1) is 28.8 Å². The molecule has 1 aromatic heterocycles. The number of aryl methyl sites for hydroxylation is 1. The highest BCUT2D eigenvalue weighted by Gasteiger charge is 2.45. The summed E-state index contributed by atoms with van der Waals surface area (Å²) < 4.78 is 5.71. The largest absolute Gasteiger partial charge is 0.503 e. The number of aliphatic hydroxyl groups is 1. The van der Waals surface area contributed by atoms with E-state index in [1.165, 1.54) is 16.2 Å². The number of ether oxygens (including phenoxy) is 1. The van der Waals surface area contributed by atoms with Crippen LogP contribution in [0, 0.1) is 6.92 Å². The summed E-state index contributed by atoms with van der Waals surface area (Å²) in [7, 11) is 3.87. The van der Waals surface area contributed by atoms with Gasteiger partial charge in [-0.3, -0.25) is 14.5 Å². The van der Waals surface area contributed by atoms with Crippen molar-refractivity contribution in [3.8, 4) is 16.3 Å². The number of rotatable bonds is 8. The lowest BCUT2D eigenvalue weighted by Crippen LogP contribution is -2.31. The molecule has 0 radical (unpaired) electrons. The molecule has 8 heteroatoms. The van der Waals surface area contributed by atoms with Crippen LogP contribution in [0.4, 0.5) is 11.4 Å². The molecule has 0 aliphatic carbocycles. The fourth-order valence-corrected chi connectivity index (χ4v) is 5.73. The molecule has 5 rings (SSSR count). The van der Waals surface area contributed by atoms with Crippen molar-refractivity contribution in [1.82, 2.24) is 4.98 Å². The quantitative estimate of drug-likeness (QED) is 0.262. The first-order chi connectivity index (χ1) is 18.8. The molecule has 1 amide bonds. The Labute approximate surface area is 231 Å². The normalized spacial score (nSPS) is 15.1. The summed E-state index contributed by atoms with van der Waals surface area (Å²) in [6.45, 7) is 4.13. The third kappa shape index (κ3) is 4.91. The second-order valence-corrected chi connectivity index (χ2v) is 10.4. The molecule has 7 nitrogen and oxygen atoms in total. The van der Waals surface area contributed by atoms with Gasteiger partial charge in [-0.05, 0) is 55.8 Å².